The van der Waals surface area contributed by atoms with E-state index in [4.69, 9.17) is 10.5 Å². The molecule has 20 heavy (non-hydrogen) atoms. The van der Waals surface area contributed by atoms with Crippen LogP contribution in [0.5, 0.6) is 5.75 Å². The standard InChI is InChI=1S/C16H19N3O/c1-19(12-13-7-6-10-15(11-13)20-2)16(17)18-14-8-4-3-5-9-14/h3-11H,12H2,1-2H3,(H2,17,18). The van der Waals surface area contributed by atoms with Crippen molar-refractivity contribution in [3.8, 4) is 5.75 Å². The molecule has 0 spiro atoms. The molecule has 0 radical (unpaired) electrons. The van der Waals surface area contributed by atoms with Crippen LogP contribution in [0.2, 0.25) is 0 Å². The monoisotopic (exact) mass is 269 g/mol. The van der Waals surface area contributed by atoms with Gasteiger partial charge in [0.25, 0.3) is 0 Å². The number of methoxy groups -OCH3 is 1. The zero-order valence-corrected chi connectivity index (χ0v) is 11.8. The van der Waals surface area contributed by atoms with Gasteiger partial charge < -0.3 is 15.4 Å². The van der Waals surface area contributed by atoms with Gasteiger partial charge in [-0.2, -0.15) is 0 Å². The molecular weight excluding hydrogens is 250 g/mol. The highest BCUT2D eigenvalue weighted by molar-refractivity contribution is 5.80. The van der Waals surface area contributed by atoms with Gasteiger partial charge in [-0.05, 0) is 29.8 Å². The molecule has 0 fully saturated rings. The van der Waals surface area contributed by atoms with Gasteiger partial charge in [0.1, 0.15) is 5.75 Å². The predicted molar refractivity (Wildman–Crippen MR) is 82.2 cm³/mol. The zero-order valence-electron chi connectivity index (χ0n) is 11.8. The minimum absolute atomic E-state index is 0.485. The number of nitrogens with zero attached hydrogens (tertiary/aromatic N) is 2. The Labute approximate surface area is 119 Å². The van der Waals surface area contributed by atoms with Crippen LogP contribution in [0.3, 0.4) is 0 Å². The van der Waals surface area contributed by atoms with Crippen LogP contribution < -0.4 is 10.5 Å². The molecule has 0 aromatic heterocycles. The summed E-state index contributed by atoms with van der Waals surface area (Å²) in [5.41, 5.74) is 7.99. The largest absolute Gasteiger partial charge is 0.497 e. The quantitative estimate of drug-likeness (QED) is 0.686. The maximum Gasteiger partial charge on any atom is 0.196 e. The van der Waals surface area contributed by atoms with Crippen molar-refractivity contribution in [2.75, 3.05) is 14.2 Å². The highest BCUT2D eigenvalue weighted by Gasteiger charge is 2.04. The Bertz CT molecular complexity index is 581. The highest BCUT2D eigenvalue weighted by Crippen LogP contribution is 2.14. The smallest absolute Gasteiger partial charge is 0.196 e. The van der Waals surface area contributed by atoms with E-state index in [0.29, 0.717) is 12.5 Å². The third-order valence-corrected chi connectivity index (χ3v) is 2.94. The number of benzene rings is 2. The Hall–Kier alpha value is -2.49. The molecule has 4 heteroatoms. The van der Waals surface area contributed by atoms with Gasteiger partial charge >= 0.3 is 0 Å². The third-order valence-electron chi connectivity index (χ3n) is 2.94. The van der Waals surface area contributed by atoms with Crippen LogP contribution >= 0.6 is 0 Å². The third kappa shape index (κ3) is 3.75. The highest BCUT2D eigenvalue weighted by atomic mass is 16.5. The fourth-order valence-electron chi connectivity index (χ4n) is 1.85. The first-order chi connectivity index (χ1) is 9.69. The van der Waals surface area contributed by atoms with E-state index in [-0.39, 0.29) is 0 Å². The van der Waals surface area contributed by atoms with E-state index in [2.05, 4.69) is 4.99 Å². The number of nitrogens with two attached hydrogens (primary N) is 1. The Morgan fingerprint density at radius 2 is 1.90 bits per heavy atom. The van der Waals surface area contributed by atoms with Crippen molar-refractivity contribution in [1.82, 2.24) is 4.90 Å². The van der Waals surface area contributed by atoms with Crippen LogP contribution in [0.25, 0.3) is 0 Å². The number of aliphatic imine (C=N–C) groups is 1. The Balaban J connectivity index is 2.07. The molecule has 0 unspecified atom stereocenters. The van der Waals surface area contributed by atoms with Gasteiger partial charge in [-0.3, -0.25) is 0 Å². The minimum Gasteiger partial charge on any atom is -0.497 e. The van der Waals surface area contributed by atoms with Gasteiger partial charge in [-0.25, -0.2) is 4.99 Å². The van der Waals surface area contributed by atoms with Crippen LogP contribution in [0.4, 0.5) is 5.69 Å². The first kappa shape index (κ1) is 13.9. The lowest BCUT2D eigenvalue weighted by Gasteiger charge is -2.18. The van der Waals surface area contributed by atoms with Crippen molar-refractivity contribution >= 4 is 11.6 Å². The van der Waals surface area contributed by atoms with Gasteiger partial charge in [-0.1, -0.05) is 30.3 Å². The van der Waals surface area contributed by atoms with Crippen LogP contribution in [0.1, 0.15) is 5.56 Å². The summed E-state index contributed by atoms with van der Waals surface area (Å²) in [6.45, 7) is 0.680. The molecule has 2 rings (SSSR count). The molecule has 0 heterocycles. The molecule has 4 nitrogen and oxygen atoms in total. The molecule has 2 N–H and O–H groups in total. The minimum atomic E-state index is 0.485. The molecule has 104 valence electrons. The first-order valence-corrected chi connectivity index (χ1v) is 6.42. The second kappa shape index (κ2) is 6.61. The summed E-state index contributed by atoms with van der Waals surface area (Å²) in [4.78, 5) is 6.29. The van der Waals surface area contributed by atoms with Crippen molar-refractivity contribution in [3.63, 3.8) is 0 Å². The van der Waals surface area contributed by atoms with Gasteiger partial charge in [0, 0.05) is 13.6 Å². The van der Waals surface area contributed by atoms with Crippen molar-refractivity contribution in [2.24, 2.45) is 10.7 Å². The predicted octanol–water partition coefficient (Wildman–Crippen LogP) is 2.77. The molecule has 2 aromatic carbocycles. The summed E-state index contributed by atoms with van der Waals surface area (Å²) in [5, 5.41) is 0. The van der Waals surface area contributed by atoms with Gasteiger partial charge in [0.05, 0.1) is 12.8 Å². The molecule has 2 aromatic rings. The summed E-state index contributed by atoms with van der Waals surface area (Å²) in [6, 6.07) is 17.6. The zero-order chi connectivity index (χ0) is 14.4. The summed E-state index contributed by atoms with van der Waals surface area (Å²) in [5.74, 6) is 1.33. The fourth-order valence-corrected chi connectivity index (χ4v) is 1.85. The Morgan fingerprint density at radius 1 is 1.15 bits per heavy atom. The average Bonchev–Trinajstić information content (AvgIpc) is 2.48. The SMILES string of the molecule is COc1cccc(CN(C)C(N)=Nc2ccccc2)c1. The van der Waals surface area contributed by atoms with Gasteiger partial charge in [0.15, 0.2) is 5.96 Å². The second-order valence-electron chi connectivity index (χ2n) is 4.51. The van der Waals surface area contributed by atoms with E-state index in [1.807, 2.05) is 66.5 Å². The van der Waals surface area contributed by atoms with Gasteiger partial charge in [-0.15, -0.1) is 0 Å². The average molecular weight is 269 g/mol. The molecule has 0 aliphatic rings. The van der Waals surface area contributed by atoms with E-state index in [9.17, 15) is 0 Å². The number of hydrogen-bond acceptors (Lipinski definition) is 2. The second-order valence-corrected chi connectivity index (χ2v) is 4.51. The molecular formula is C16H19N3O. The summed E-state index contributed by atoms with van der Waals surface area (Å²) in [6.07, 6.45) is 0. The molecule has 0 aliphatic heterocycles. The van der Waals surface area contributed by atoms with Crippen molar-refractivity contribution in [3.05, 3.63) is 60.2 Å². The van der Waals surface area contributed by atoms with Crippen molar-refractivity contribution in [1.29, 1.82) is 0 Å². The van der Waals surface area contributed by atoms with Crippen LogP contribution in [0.15, 0.2) is 59.6 Å². The molecule has 0 saturated heterocycles. The molecule has 0 bridgehead atoms. The van der Waals surface area contributed by atoms with Crippen LogP contribution in [0, 0.1) is 0 Å². The summed E-state index contributed by atoms with van der Waals surface area (Å²) >= 11 is 0. The van der Waals surface area contributed by atoms with Gasteiger partial charge in [0.2, 0.25) is 0 Å². The number of guanidine groups is 1. The van der Waals surface area contributed by atoms with E-state index < -0.39 is 0 Å². The van der Waals surface area contributed by atoms with E-state index in [1.165, 1.54) is 0 Å². The lowest BCUT2D eigenvalue weighted by atomic mass is 10.2. The summed E-state index contributed by atoms with van der Waals surface area (Å²) in [7, 11) is 3.58. The maximum absolute atomic E-state index is 6.01. The van der Waals surface area contributed by atoms with Crippen molar-refractivity contribution in [2.45, 2.75) is 6.54 Å². The van der Waals surface area contributed by atoms with Crippen molar-refractivity contribution < 1.29 is 4.74 Å². The topological polar surface area (TPSA) is 50.9 Å². The Kier molecular flexibility index (Phi) is 4.60. The van der Waals surface area contributed by atoms with Crippen LogP contribution in [-0.2, 0) is 6.54 Å². The maximum atomic E-state index is 6.01. The van der Waals surface area contributed by atoms with Crippen LogP contribution in [-0.4, -0.2) is 25.0 Å². The van der Waals surface area contributed by atoms with E-state index in [0.717, 1.165) is 17.0 Å². The number of hydrogen-bond donors (Lipinski definition) is 1. The lowest BCUT2D eigenvalue weighted by molar-refractivity contribution is 0.412. The molecule has 0 amide bonds. The fraction of sp³-hybridized carbons (Fsp3) is 0.188. The van der Waals surface area contributed by atoms with E-state index >= 15 is 0 Å². The molecule has 0 aliphatic carbocycles. The molecule has 0 atom stereocenters. The molecule has 0 saturated carbocycles. The number of ether oxygens (including phenoxy) is 1. The lowest BCUT2D eigenvalue weighted by Crippen LogP contribution is -2.33. The van der Waals surface area contributed by atoms with E-state index in [1.54, 1.807) is 7.11 Å². The normalized spacial score (nSPS) is 11.2. The first-order valence-electron chi connectivity index (χ1n) is 6.42. The Morgan fingerprint density at radius 3 is 2.60 bits per heavy atom. The number of rotatable bonds is 4. The summed E-state index contributed by atoms with van der Waals surface area (Å²) < 4.78 is 5.21. The number of para-hydroxylation sites is 1.